The van der Waals surface area contributed by atoms with Crippen LogP contribution in [0.1, 0.15) is 29.5 Å². The Hall–Kier alpha value is -1.25. The van der Waals surface area contributed by atoms with E-state index in [1.807, 2.05) is 12.1 Å². The Labute approximate surface area is 138 Å². The van der Waals surface area contributed by atoms with Gasteiger partial charge in [0.15, 0.2) is 0 Å². The number of benzene rings is 2. The predicted octanol–water partition coefficient (Wildman–Crippen LogP) is 5.93. The van der Waals surface area contributed by atoms with Crippen LogP contribution in [-0.4, -0.2) is 0 Å². The second-order valence-corrected chi connectivity index (χ2v) is 7.11. The largest absolute Gasteiger partial charge is 0.378 e. The van der Waals surface area contributed by atoms with Gasteiger partial charge in [-0.1, -0.05) is 51.8 Å². The second kappa shape index (κ2) is 5.19. The van der Waals surface area contributed by atoms with Crippen LogP contribution in [0.4, 0.5) is 5.69 Å². The van der Waals surface area contributed by atoms with Gasteiger partial charge >= 0.3 is 0 Å². The summed E-state index contributed by atoms with van der Waals surface area (Å²) in [5, 5.41) is 4.52. The summed E-state index contributed by atoms with van der Waals surface area (Å²) in [4.78, 5) is 0. The minimum Gasteiger partial charge on any atom is -0.378 e. The van der Waals surface area contributed by atoms with Gasteiger partial charge in [-0.15, -0.1) is 0 Å². The van der Waals surface area contributed by atoms with Crippen molar-refractivity contribution in [3.05, 3.63) is 75.2 Å². The zero-order valence-corrected chi connectivity index (χ0v) is 13.7. The molecule has 0 unspecified atom stereocenters. The SMILES string of the molecule is Clc1ccc([C@@H]2Nc3ccc(Br)cc3[C@H]3C=CC[C@H]32)cc1. The number of rotatable bonds is 1. The summed E-state index contributed by atoms with van der Waals surface area (Å²) in [6.45, 7) is 0. The number of halogens is 2. The van der Waals surface area contributed by atoms with Crippen molar-refractivity contribution in [2.24, 2.45) is 5.92 Å². The van der Waals surface area contributed by atoms with E-state index in [4.69, 9.17) is 11.6 Å². The Morgan fingerprint density at radius 2 is 1.90 bits per heavy atom. The molecular weight excluding hydrogens is 346 g/mol. The molecule has 0 bridgehead atoms. The Kier molecular flexibility index (Phi) is 3.31. The average Bonchev–Trinajstić information content (AvgIpc) is 2.97. The fourth-order valence-electron chi connectivity index (χ4n) is 3.57. The third kappa shape index (κ3) is 2.31. The number of allylic oxidation sites excluding steroid dienone is 2. The lowest BCUT2D eigenvalue weighted by Crippen LogP contribution is -2.28. The first-order valence-corrected chi connectivity index (χ1v) is 8.37. The van der Waals surface area contributed by atoms with Crippen LogP contribution in [0.15, 0.2) is 59.1 Å². The van der Waals surface area contributed by atoms with E-state index in [0.717, 1.165) is 15.9 Å². The van der Waals surface area contributed by atoms with Crippen molar-refractivity contribution in [3.63, 3.8) is 0 Å². The Balaban J connectivity index is 1.78. The first-order chi connectivity index (χ1) is 10.2. The Bertz CT molecular complexity index is 708. The molecule has 1 aliphatic heterocycles. The number of fused-ring (bicyclic) bond motifs is 3. The molecule has 4 rings (SSSR count). The summed E-state index contributed by atoms with van der Waals surface area (Å²) in [6, 6.07) is 15.1. The molecule has 106 valence electrons. The smallest absolute Gasteiger partial charge is 0.0553 e. The molecule has 2 aromatic rings. The summed E-state index contributed by atoms with van der Waals surface area (Å²) in [6.07, 6.45) is 5.80. The number of anilines is 1. The van der Waals surface area contributed by atoms with Gasteiger partial charge in [0.25, 0.3) is 0 Å². The molecule has 2 aliphatic rings. The van der Waals surface area contributed by atoms with Crippen molar-refractivity contribution in [1.82, 2.24) is 0 Å². The molecule has 3 atom stereocenters. The van der Waals surface area contributed by atoms with E-state index < -0.39 is 0 Å². The van der Waals surface area contributed by atoms with Crippen LogP contribution in [-0.2, 0) is 0 Å². The average molecular weight is 361 g/mol. The van der Waals surface area contributed by atoms with Gasteiger partial charge in [0, 0.05) is 21.1 Å². The lowest BCUT2D eigenvalue weighted by atomic mass is 9.77. The van der Waals surface area contributed by atoms with Crippen molar-refractivity contribution in [3.8, 4) is 0 Å². The molecule has 3 heteroatoms. The summed E-state index contributed by atoms with van der Waals surface area (Å²) in [5.74, 6) is 1.08. The van der Waals surface area contributed by atoms with Crippen LogP contribution in [0.3, 0.4) is 0 Å². The van der Waals surface area contributed by atoms with Crippen molar-refractivity contribution >= 4 is 33.2 Å². The molecule has 0 spiro atoms. The second-order valence-electron chi connectivity index (χ2n) is 5.76. The molecular formula is C18H15BrClN. The van der Waals surface area contributed by atoms with Gasteiger partial charge in [0.2, 0.25) is 0 Å². The van der Waals surface area contributed by atoms with Crippen molar-refractivity contribution in [2.75, 3.05) is 5.32 Å². The minimum atomic E-state index is 0.343. The predicted molar refractivity (Wildman–Crippen MR) is 91.9 cm³/mol. The molecule has 21 heavy (non-hydrogen) atoms. The molecule has 0 amide bonds. The molecule has 1 heterocycles. The van der Waals surface area contributed by atoms with Gasteiger partial charge in [-0.2, -0.15) is 0 Å². The maximum atomic E-state index is 6.02. The summed E-state index contributed by atoms with van der Waals surface area (Å²) >= 11 is 9.61. The van der Waals surface area contributed by atoms with Crippen LogP contribution in [0.25, 0.3) is 0 Å². The normalized spacial score (nSPS) is 26.1. The highest BCUT2D eigenvalue weighted by atomic mass is 79.9. The maximum Gasteiger partial charge on any atom is 0.0553 e. The first-order valence-electron chi connectivity index (χ1n) is 7.20. The maximum absolute atomic E-state index is 6.02. The third-order valence-electron chi connectivity index (χ3n) is 4.55. The summed E-state index contributed by atoms with van der Waals surface area (Å²) < 4.78 is 1.15. The van der Waals surface area contributed by atoms with E-state index in [9.17, 15) is 0 Å². The van der Waals surface area contributed by atoms with E-state index in [-0.39, 0.29) is 0 Å². The molecule has 1 aliphatic carbocycles. The summed E-state index contributed by atoms with van der Waals surface area (Å²) in [7, 11) is 0. The Morgan fingerprint density at radius 1 is 1.10 bits per heavy atom. The zero-order chi connectivity index (χ0) is 14.4. The minimum absolute atomic E-state index is 0.343. The van der Waals surface area contributed by atoms with E-state index in [0.29, 0.717) is 17.9 Å². The van der Waals surface area contributed by atoms with Crippen LogP contribution >= 0.6 is 27.5 Å². The highest BCUT2D eigenvalue weighted by molar-refractivity contribution is 9.10. The monoisotopic (exact) mass is 359 g/mol. The molecule has 2 aromatic carbocycles. The fraction of sp³-hybridized carbons (Fsp3) is 0.222. The molecule has 0 radical (unpaired) electrons. The molecule has 0 aromatic heterocycles. The van der Waals surface area contributed by atoms with Crippen LogP contribution in [0, 0.1) is 5.92 Å². The highest BCUT2D eigenvalue weighted by Crippen LogP contribution is 2.50. The lowest BCUT2D eigenvalue weighted by Gasteiger charge is -2.37. The van der Waals surface area contributed by atoms with Gasteiger partial charge in [-0.05, 0) is 53.8 Å². The summed E-state index contributed by atoms with van der Waals surface area (Å²) in [5.41, 5.74) is 3.95. The molecule has 0 saturated carbocycles. The van der Waals surface area contributed by atoms with Crippen molar-refractivity contribution in [2.45, 2.75) is 18.4 Å². The molecule has 1 N–H and O–H groups in total. The fourth-order valence-corrected chi connectivity index (χ4v) is 4.07. The van der Waals surface area contributed by atoms with Gasteiger partial charge < -0.3 is 5.32 Å². The quantitative estimate of drug-likeness (QED) is 0.622. The number of nitrogens with one attached hydrogen (secondary N) is 1. The Morgan fingerprint density at radius 3 is 2.71 bits per heavy atom. The first kappa shape index (κ1) is 13.4. The van der Waals surface area contributed by atoms with Crippen LogP contribution < -0.4 is 5.32 Å². The van der Waals surface area contributed by atoms with Gasteiger partial charge in [-0.3, -0.25) is 0 Å². The number of hydrogen-bond acceptors (Lipinski definition) is 1. The van der Waals surface area contributed by atoms with E-state index in [1.165, 1.54) is 16.8 Å². The third-order valence-corrected chi connectivity index (χ3v) is 5.30. The van der Waals surface area contributed by atoms with Crippen molar-refractivity contribution < 1.29 is 0 Å². The standard InChI is InChI=1S/C18H15BrClN/c19-12-6-9-17-16(10-12)14-2-1-3-15(14)18(21-17)11-4-7-13(20)8-5-11/h1-2,4-10,14-15,18,21H,3H2/t14-,15+,18-/m0/s1. The topological polar surface area (TPSA) is 12.0 Å². The lowest BCUT2D eigenvalue weighted by molar-refractivity contribution is 0.425. The molecule has 0 saturated heterocycles. The van der Waals surface area contributed by atoms with Crippen LogP contribution in [0.2, 0.25) is 5.02 Å². The molecule has 1 nitrogen and oxygen atoms in total. The van der Waals surface area contributed by atoms with Gasteiger partial charge in [0.1, 0.15) is 0 Å². The zero-order valence-electron chi connectivity index (χ0n) is 11.4. The van der Waals surface area contributed by atoms with Gasteiger partial charge in [0.05, 0.1) is 6.04 Å². The van der Waals surface area contributed by atoms with Crippen molar-refractivity contribution in [1.29, 1.82) is 0 Å². The highest BCUT2D eigenvalue weighted by Gasteiger charge is 2.37. The van der Waals surface area contributed by atoms with E-state index in [1.54, 1.807) is 0 Å². The molecule has 0 fully saturated rings. The van der Waals surface area contributed by atoms with Crippen LogP contribution in [0.5, 0.6) is 0 Å². The van der Waals surface area contributed by atoms with Gasteiger partial charge in [-0.25, -0.2) is 0 Å². The van der Waals surface area contributed by atoms with E-state index >= 15 is 0 Å². The van der Waals surface area contributed by atoms with E-state index in [2.05, 4.69) is 63.7 Å². The number of hydrogen-bond donors (Lipinski definition) is 1.